The zero-order valence-corrected chi connectivity index (χ0v) is 18.1. The Balaban J connectivity index is 2.92. The Morgan fingerprint density at radius 2 is 1.91 bits per heavy atom. The first kappa shape index (κ1) is 20.5. The lowest BCUT2D eigenvalue weighted by atomic mass is 10.1. The molecule has 0 spiro atoms. The maximum absolute atomic E-state index is 5.90. The summed E-state index contributed by atoms with van der Waals surface area (Å²) in [6.07, 6.45) is -0.0802. The Kier molecular flexibility index (Phi) is 9.65. The predicted octanol–water partition coefficient (Wildman–Crippen LogP) is 4.96. The molecule has 1 aromatic carbocycles. The Bertz CT molecular complexity index is 472. The van der Waals surface area contributed by atoms with Gasteiger partial charge >= 0.3 is 0 Å². The van der Waals surface area contributed by atoms with Crippen molar-refractivity contribution < 1.29 is 14.2 Å². The third kappa shape index (κ3) is 6.52. The molecule has 0 aromatic heterocycles. The summed E-state index contributed by atoms with van der Waals surface area (Å²) in [6, 6.07) is 4.16. The number of ether oxygens (including phenoxy) is 3. The van der Waals surface area contributed by atoms with E-state index in [4.69, 9.17) is 14.2 Å². The molecule has 0 saturated heterocycles. The van der Waals surface area contributed by atoms with Gasteiger partial charge < -0.3 is 14.2 Å². The Hall–Kier alpha value is 0.460. The molecule has 126 valence electrons. The molecule has 0 bridgehead atoms. The third-order valence-corrected chi connectivity index (χ3v) is 5.72. The van der Waals surface area contributed by atoms with Gasteiger partial charge in [0.1, 0.15) is 5.75 Å². The summed E-state index contributed by atoms with van der Waals surface area (Å²) in [5.41, 5.74) is 2.39. The van der Waals surface area contributed by atoms with Crippen LogP contribution in [0.1, 0.15) is 25.0 Å². The molecule has 0 fully saturated rings. The van der Waals surface area contributed by atoms with Crippen LogP contribution in [0.2, 0.25) is 0 Å². The summed E-state index contributed by atoms with van der Waals surface area (Å²) in [5.74, 6) is 0.924. The van der Waals surface area contributed by atoms with E-state index in [1.165, 1.54) is 11.1 Å². The molecule has 22 heavy (non-hydrogen) atoms. The predicted molar refractivity (Wildman–Crippen MR) is 104 cm³/mol. The van der Waals surface area contributed by atoms with E-state index >= 15 is 0 Å². The van der Waals surface area contributed by atoms with Crippen LogP contribution in [0.4, 0.5) is 0 Å². The van der Waals surface area contributed by atoms with E-state index in [-0.39, 0.29) is 12.4 Å². The van der Waals surface area contributed by atoms with Crippen molar-refractivity contribution in [2.24, 2.45) is 0 Å². The number of halogens is 2. The summed E-state index contributed by atoms with van der Waals surface area (Å²) in [7, 11) is 4.96. The lowest BCUT2D eigenvalue weighted by molar-refractivity contribution is -0.107. The standard InChI is InChI=1S/C15H23BrINO3S/c1-10(2)21-14-7-13(16)6-12(11(14)3)8-18(22-17)9-15(19-4)20-5/h6-7,10,15H,8-9H2,1-5H3. The van der Waals surface area contributed by atoms with Crippen molar-refractivity contribution >= 4 is 46.3 Å². The molecule has 7 heteroatoms. The highest BCUT2D eigenvalue weighted by molar-refractivity contribution is 14.2. The Morgan fingerprint density at radius 3 is 2.41 bits per heavy atom. The molecular formula is C15H23BrINO3S. The second kappa shape index (κ2) is 10.4. The van der Waals surface area contributed by atoms with E-state index in [2.05, 4.69) is 54.4 Å². The van der Waals surface area contributed by atoms with E-state index in [1.807, 2.05) is 19.9 Å². The van der Waals surface area contributed by atoms with Crippen LogP contribution in [-0.4, -0.2) is 37.5 Å². The fourth-order valence-electron chi connectivity index (χ4n) is 1.97. The van der Waals surface area contributed by atoms with Crippen molar-refractivity contribution in [3.8, 4) is 5.75 Å². The van der Waals surface area contributed by atoms with Gasteiger partial charge in [0.2, 0.25) is 0 Å². The molecule has 0 amide bonds. The highest BCUT2D eigenvalue weighted by Crippen LogP contribution is 2.31. The third-order valence-electron chi connectivity index (χ3n) is 3.12. The molecule has 0 aliphatic heterocycles. The molecule has 1 rings (SSSR count). The van der Waals surface area contributed by atoms with Gasteiger partial charge in [-0.3, -0.25) is 0 Å². The minimum Gasteiger partial charge on any atom is -0.491 e. The molecule has 0 atom stereocenters. The molecule has 0 saturated carbocycles. The van der Waals surface area contributed by atoms with Crippen LogP contribution in [0, 0.1) is 6.92 Å². The average Bonchev–Trinajstić information content (AvgIpc) is 2.47. The quantitative estimate of drug-likeness (QED) is 0.270. The van der Waals surface area contributed by atoms with Gasteiger partial charge in [0.15, 0.2) is 6.29 Å². The van der Waals surface area contributed by atoms with Gasteiger partial charge in [-0.05, 0) is 53.2 Å². The van der Waals surface area contributed by atoms with E-state index in [9.17, 15) is 0 Å². The van der Waals surface area contributed by atoms with Gasteiger partial charge in [-0.15, -0.1) is 0 Å². The second-order valence-corrected chi connectivity index (χ2v) is 7.90. The minimum atomic E-state index is -0.235. The number of methoxy groups -OCH3 is 2. The van der Waals surface area contributed by atoms with Crippen molar-refractivity contribution in [2.75, 3.05) is 20.8 Å². The number of hydrogen-bond acceptors (Lipinski definition) is 5. The van der Waals surface area contributed by atoms with Gasteiger partial charge in [0.05, 0.1) is 12.6 Å². The van der Waals surface area contributed by atoms with Crippen LogP contribution in [0.25, 0.3) is 0 Å². The number of benzene rings is 1. The minimum absolute atomic E-state index is 0.155. The molecular weight excluding hydrogens is 481 g/mol. The lowest BCUT2D eigenvalue weighted by Crippen LogP contribution is -2.29. The highest BCUT2D eigenvalue weighted by Gasteiger charge is 2.16. The molecule has 0 heterocycles. The van der Waals surface area contributed by atoms with Gasteiger partial charge in [-0.25, -0.2) is 4.31 Å². The van der Waals surface area contributed by atoms with Crippen LogP contribution in [0.15, 0.2) is 16.6 Å². The normalized spacial score (nSPS) is 11.7. The summed E-state index contributed by atoms with van der Waals surface area (Å²) >= 11 is 5.85. The van der Waals surface area contributed by atoms with Crippen molar-refractivity contribution in [1.82, 2.24) is 4.31 Å². The van der Waals surface area contributed by atoms with E-state index in [1.54, 1.807) is 23.3 Å². The SMILES string of the molecule is COC(CN(Cc1cc(Br)cc(OC(C)C)c1C)SI)OC. The fourth-order valence-corrected chi connectivity index (χ4v) is 3.72. The molecule has 4 nitrogen and oxygen atoms in total. The van der Waals surface area contributed by atoms with E-state index in [0.717, 1.165) is 16.8 Å². The summed E-state index contributed by atoms with van der Waals surface area (Å²) in [5, 5.41) is 0. The first-order valence-electron chi connectivity index (χ1n) is 6.96. The molecule has 1 aromatic rings. The van der Waals surface area contributed by atoms with Gasteiger partial charge in [-0.1, -0.05) is 15.9 Å². The number of hydrogen-bond donors (Lipinski definition) is 0. The van der Waals surface area contributed by atoms with E-state index < -0.39 is 0 Å². The zero-order valence-electron chi connectivity index (χ0n) is 13.6. The van der Waals surface area contributed by atoms with Gasteiger partial charge in [0.25, 0.3) is 0 Å². The summed E-state index contributed by atoms with van der Waals surface area (Å²) < 4.78 is 19.7. The number of nitrogens with zero attached hydrogens (tertiary/aromatic N) is 1. The van der Waals surface area contributed by atoms with Crippen LogP contribution in [-0.2, 0) is 16.0 Å². The van der Waals surface area contributed by atoms with Gasteiger partial charge in [0, 0.05) is 46.4 Å². The first-order valence-corrected chi connectivity index (χ1v) is 11.1. The first-order chi connectivity index (χ1) is 10.4. The van der Waals surface area contributed by atoms with E-state index in [0.29, 0.717) is 6.54 Å². The topological polar surface area (TPSA) is 30.9 Å². The molecule has 0 aliphatic carbocycles. The Morgan fingerprint density at radius 1 is 1.27 bits per heavy atom. The van der Waals surface area contributed by atoms with Crippen LogP contribution >= 0.6 is 46.3 Å². The molecule has 0 N–H and O–H groups in total. The largest absolute Gasteiger partial charge is 0.491 e. The van der Waals surface area contributed by atoms with Crippen molar-refractivity contribution in [3.05, 3.63) is 27.7 Å². The smallest absolute Gasteiger partial charge is 0.170 e. The zero-order chi connectivity index (χ0) is 16.7. The summed E-state index contributed by atoms with van der Waals surface area (Å²) in [6.45, 7) is 7.65. The fraction of sp³-hybridized carbons (Fsp3) is 0.600. The molecule has 0 aliphatic rings. The van der Waals surface area contributed by atoms with Gasteiger partial charge in [-0.2, -0.15) is 0 Å². The Labute approximate surface area is 158 Å². The van der Waals surface area contributed by atoms with Crippen molar-refractivity contribution in [2.45, 2.75) is 39.7 Å². The average molecular weight is 504 g/mol. The monoisotopic (exact) mass is 503 g/mol. The number of rotatable bonds is 9. The molecule has 0 radical (unpaired) electrons. The van der Waals surface area contributed by atoms with Crippen LogP contribution < -0.4 is 4.74 Å². The molecule has 0 unspecified atom stereocenters. The highest BCUT2D eigenvalue weighted by atomic mass is 127. The maximum Gasteiger partial charge on any atom is 0.170 e. The summed E-state index contributed by atoms with van der Waals surface area (Å²) in [4.78, 5) is 0. The van der Waals surface area contributed by atoms with Crippen LogP contribution in [0.3, 0.4) is 0 Å². The maximum atomic E-state index is 5.90. The van der Waals surface area contributed by atoms with Crippen molar-refractivity contribution in [3.63, 3.8) is 0 Å². The second-order valence-electron chi connectivity index (χ2n) is 5.15. The lowest BCUT2D eigenvalue weighted by Gasteiger charge is -2.24. The van der Waals surface area contributed by atoms with Crippen LogP contribution in [0.5, 0.6) is 5.75 Å². The van der Waals surface area contributed by atoms with Crippen molar-refractivity contribution in [1.29, 1.82) is 0 Å².